The third-order valence-electron chi connectivity index (χ3n) is 5.84. The Kier molecular flexibility index (Phi) is 6.02. The molecule has 3 rings (SSSR count). The number of pyridine rings is 1. The van der Waals surface area contributed by atoms with Crippen LogP contribution in [0.5, 0.6) is 0 Å². The van der Waals surface area contributed by atoms with Gasteiger partial charge in [0.2, 0.25) is 5.91 Å². The highest BCUT2D eigenvalue weighted by atomic mass is 16.4. The number of carboxylic acids is 1. The predicted molar refractivity (Wildman–Crippen MR) is 108 cm³/mol. The summed E-state index contributed by atoms with van der Waals surface area (Å²) in [5.74, 6) is -0.589. The summed E-state index contributed by atoms with van der Waals surface area (Å²) >= 11 is 0. The quantitative estimate of drug-likeness (QED) is 0.741. The molecule has 1 saturated heterocycles. The fourth-order valence-corrected chi connectivity index (χ4v) is 4.58. The molecule has 8 nitrogen and oxygen atoms in total. The number of amides is 1. The molecule has 156 valence electrons. The van der Waals surface area contributed by atoms with E-state index in [0.717, 1.165) is 5.56 Å². The van der Waals surface area contributed by atoms with Crippen LogP contribution in [-0.2, 0) is 16.1 Å². The van der Waals surface area contributed by atoms with E-state index in [0.29, 0.717) is 18.8 Å². The molecule has 1 amide bonds. The van der Waals surface area contributed by atoms with Crippen molar-refractivity contribution in [3.8, 4) is 0 Å². The first kappa shape index (κ1) is 21.0. The van der Waals surface area contributed by atoms with Crippen LogP contribution in [-0.4, -0.2) is 61.4 Å². The second kappa shape index (κ2) is 8.32. The highest BCUT2D eigenvalue weighted by molar-refractivity contribution is 5.85. The van der Waals surface area contributed by atoms with E-state index in [4.69, 9.17) is 0 Å². The minimum Gasteiger partial charge on any atom is -0.480 e. The smallest absolute Gasteiger partial charge is 0.324 e. The van der Waals surface area contributed by atoms with Gasteiger partial charge >= 0.3 is 5.97 Å². The van der Waals surface area contributed by atoms with Gasteiger partial charge in [0, 0.05) is 37.9 Å². The second-order valence-corrected chi connectivity index (χ2v) is 8.32. The molecule has 3 heterocycles. The normalized spacial score (nSPS) is 24.7. The molecule has 1 aliphatic heterocycles. The number of nitrogens with zero attached hydrogens (tertiary/aromatic N) is 4. The van der Waals surface area contributed by atoms with Gasteiger partial charge in [-0.15, -0.1) is 0 Å². The number of rotatable bonds is 7. The first-order chi connectivity index (χ1) is 13.8. The lowest BCUT2D eigenvalue weighted by Crippen LogP contribution is -2.50. The SMILES string of the molecule is CC(C)C[C@]1(C(=O)O)C[C@@H](C(=O)N(C)Cc2ncc[nH]2)[C@@H](c2cccnc2)N1C. The van der Waals surface area contributed by atoms with Gasteiger partial charge in [-0.05, 0) is 37.4 Å². The molecule has 0 aliphatic carbocycles. The number of likely N-dealkylation sites (N-methyl/N-ethyl adjacent to an activating group) is 1. The maximum Gasteiger partial charge on any atom is 0.324 e. The molecule has 0 aromatic carbocycles. The van der Waals surface area contributed by atoms with Crippen LogP contribution in [0.2, 0.25) is 0 Å². The fourth-order valence-electron chi connectivity index (χ4n) is 4.58. The molecule has 3 atom stereocenters. The highest BCUT2D eigenvalue weighted by Crippen LogP contribution is 2.49. The molecule has 29 heavy (non-hydrogen) atoms. The molecular formula is C21H29N5O3. The molecule has 0 bridgehead atoms. The van der Waals surface area contributed by atoms with Crippen molar-refractivity contribution in [1.29, 1.82) is 0 Å². The average Bonchev–Trinajstić information content (AvgIpc) is 3.28. The van der Waals surface area contributed by atoms with Gasteiger partial charge in [-0.3, -0.25) is 19.5 Å². The fraction of sp³-hybridized carbons (Fsp3) is 0.524. The van der Waals surface area contributed by atoms with E-state index in [9.17, 15) is 14.7 Å². The van der Waals surface area contributed by atoms with Crippen LogP contribution < -0.4 is 0 Å². The maximum atomic E-state index is 13.4. The summed E-state index contributed by atoms with van der Waals surface area (Å²) in [5.41, 5.74) is -0.243. The molecule has 0 radical (unpaired) electrons. The summed E-state index contributed by atoms with van der Waals surface area (Å²) in [4.78, 5) is 40.8. The van der Waals surface area contributed by atoms with Crippen LogP contribution in [0.25, 0.3) is 0 Å². The van der Waals surface area contributed by atoms with Crippen molar-refractivity contribution < 1.29 is 14.7 Å². The monoisotopic (exact) mass is 399 g/mol. The predicted octanol–water partition coefficient (Wildman–Crippen LogP) is 2.33. The number of hydrogen-bond acceptors (Lipinski definition) is 5. The lowest BCUT2D eigenvalue weighted by atomic mass is 9.83. The van der Waals surface area contributed by atoms with E-state index in [2.05, 4.69) is 15.0 Å². The van der Waals surface area contributed by atoms with Gasteiger partial charge < -0.3 is 15.0 Å². The molecule has 1 fully saturated rings. The van der Waals surface area contributed by atoms with Gasteiger partial charge in [0.05, 0.1) is 12.5 Å². The van der Waals surface area contributed by atoms with E-state index < -0.39 is 17.4 Å². The largest absolute Gasteiger partial charge is 0.480 e. The molecule has 0 saturated carbocycles. The summed E-state index contributed by atoms with van der Waals surface area (Å²) in [6, 6.07) is 3.37. The van der Waals surface area contributed by atoms with Gasteiger partial charge in [0.1, 0.15) is 11.4 Å². The van der Waals surface area contributed by atoms with Gasteiger partial charge in [-0.1, -0.05) is 19.9 Å². The first-order valence-corrected chi connectivity index (χ1v) is 9.85. The molecule has 0 unspecified atom stereocenters. The van der Waals surface area contributed by atoms with Crippen LogP contribution in [0.1, 0.15) is 44.1 Å². The molecule has 2 aromatic heterocycles. The molecule has 8 heteroatoms. The van der Waals surface area contributed by atoms with E-state index >= 15 is 0 Å². The Morgan fingerprint density at radius 3 is 2.72 bits per heavy atom. The van der Waals surface area contributed by atoms with Crippen molar-refractivity contribution in [1.82, 2.24) is 24.8 Å². The summed E-state index contributed by atoms with van der Waals surface area (Å²) < 4.78 is 0. The van der Waals surface area contributed by atoms with Crippen LogP contribution >= 0.6 is 0 Å². The summed E-state index contributed by atoms with van der Waals surface area (Å²) in [5, 5.41) is 10.2. The molecular weight excluding hydrogens is 370 g/mol. The number of carboxylic acid groups (broad SMARTS) is 1. The Balaban J connectivity index is 1.97. The Morgan fingerprint density at radius 2 is 2.17 bits per heavy atom. The van der Waals surface area contributed by atoms with E-state index in [1.54, 1.807) is 36.7 Å². The van der Waals surface area contributed by atoms with Gasteiger partial charge in [-0.25, -0.2) is 4.98 Å². The highest BCUT2D eigenvalue weighted by Gasteiger charge is 2.57. The topological polar surface area (TPSA) is 102 Å². The number of aromatic nitrogens is 3. The first-order valence-electron chi connectivity index (χ1n) is 9.85. The van der Waals surface area contributed by atoms with Crippen LogP contribution in [0.4, 0.5) is 0 Å². The number of aromatic amines is 1. The number of hydrogen-bond donors (Lipinski definition) is 2. The second-order valence-electron chi connectivity index (χ2n) is 8.32. The number of likely N-dealkylation sites (tertiary alicyclic amines) is 1. The van der Waals surface area contributed by atoms with Crippen molar-refractivity contribution in [2.24, 2.45) is 11.8 Å². The standard InChI is InChI=1S/C21H29N5O3/c1-14(2)10-21(20(28)29)11-16(18(26(21)4)15-6-5-7-22-12-15)19(27)25(3)13-17-23-8-9-24-17/h5-9,12,14,16,18H,10-11,13H2,1-4H3,(H,23,24)(H,28,29)/t16-,18-,21-/m1/s1. The number of carbonyl (C=O) groups excluding carboxylic acids is 1. The van der Waals surface area contributed by atoms with Crippen LogP contribution in [0, 0.1) is 11.8 Å². The third-order valence-corrected chi connectivity index (χ3v) is 5.84. The average molecular weight is 399 g/mol. The number of H-pyrrole nitrogens is 1. The lowest BCUT2D eigenvalue weighted by Gasteiger charge is -2.36. The van der Waals surface area contributed by atoms with Crippen LogP contribution in [0.3, 0.4) is 0 Å². The number of nitrogens with one attached hydrogen (secondary N) is 1. The van der Waals surface area contributed by atoms with Crippen molar-refractivity contribution in [3.05, 3.63) is 48.3 Å². The maximum absolute atomic E-state index is 13.4. The zero-order valence-corrected chi connectivity index (χ0v) is 17.4. The summed E-state index contributed by atoms with van der Waals surface area (Å²) in [7, 11) is 3.54. The van der Waals surface area contributed by atoms with Gasteiger partial charge in [0.15, 0.2) is 0 Å². The molecule has 2 aromatic rings. The Hall–Kier alpha value is -2.74. The van der Waals surface area contributed by atoms with Crippen molar-refractivity contribution in [3.63, 3.8) is 0 Å². The van der Waals surface area contributed by atoms with E-state index in [-0.39, 0.29) is 24.3 Å². The summed E-state index contributed by atoms with van der Waals surface area (Å²) in [6.45, 7) is 4.36. The minimum atomic E-state index is -1.10. The number of carbonyl (C=O) groups is 2. The lowest BCUT2D eigenvalue weighted by molar-refractivity contribution is -0.151. The zero-order valence-electron chi connectivity index (χ0n) is 17.4. The molecule has 1 aliphatic rings. The minimum absolute atomic E-state index is 0.0889. The van der Waals surface area contributed by atoms with Crippen molar-refractivity contribution in [2.45, 2.75) is 44.8 Å². The zero-order chi connectivity index (χ0) is 21.2. The number of imidazole rings is 1. The Morgan fingerprint density at radius 1 is 1.41 bits per heavy atom. The Labute approximate surface area is 171 Å². The Bertz CT molecular complexity index is 839. The van der Waals surface area contributed by atoms with E-state index in [1.807, 2.05) is 37.9 Å². The van der Waals surface area contributed by atoms with Gasteiger partial charge in [-0.2, -0.15) is 0 Å². The third kappa shape index (κ3) is 4.03. The number of aliphatic carboxylic acids is 1. The molecule has 2 N–H and O–H groups in total. The van der Waals surface area contributed by atoms with Gasteiger partial charge in [0.25, 0.3) is 0 Å². The molecule has 0 spiro atoms. The van der Waals surface area contributed by atoms with E-state index in [1.165, 1.54) is 0 Å². The van der Waals surface area contributed by atoms with Crippen molar-refractivity contribution in [2.75, 3.05) is 14.1 Å². The van der Waals surface area contributed by atoms with Crippen LogP contribution in [0.15, 0.2) is 36.9 Å². The van der Waals surface area contributed by atoms with Crippen molar-refractivity contribution >= 4 is 11.9 Å². The summed E-state index contributed by atoms with van der Waals surface area (Å²) in [6.07, 6.45) is 7.50.